The molecular weight excluding hydrogens is 256 g/mol. The summed E-state index contributed by atoms with van der Waals surface area (Å²) >= 11 is 1.76. The van der Waals surface area contributed by atoms with Crippen molar-refractivity contribution in [2.24, 2.45) is 0 Å². The fourth-order valence-electron chi connectivity index (χ4n) is 2.80. The van der Waals surface area contributed by atoms with Crippen LogP contribution in [0.15, 0.2) is 29.6 Å². The number of aliphatic hydroxyl groups is 1. The fraction of sp³-hybridized carbons (Fsp3) is 0.500. The zero-order chi connectivity index (χ0) is 13.1. The zero-order valence-corrected chi connectivity index (χ0v) is 11.9. The van der Waals surface area contributed by atoms with Gasteiger partial charge in [-0.1, -0.05) is 18.2 Å². The van der Waals surface area contributed by atoms with Gasteiger partial charge in [-0.3, -0.25) is 0 Å². The van der Waals surface area contributed by atoms with E-state index in [4.69, 9.17) is 4.74 Å². The number of aliphatic hydroxyl groups excluding tert-OH is 1. The summed E-state index contributed by atoms with van der Waals surface area (Å²) in [5.74, 6) is 0. The molecule has 19 heavy (non-hydrogen) atoms. The van der Waals surface area contributed by atoms with Crippen molar-refractivity contribution >= 4 is 21.4 Å². The van der Waals surface area contributed by atoms with Gasteiger partial charge in [-0.25, -0.2) is 0 Å². The van der Waals surface area contributed by atoms with E-state index in [1.807, 2.05) is 0 Å². The lowest BCUT2D eigenvalue weighted by Gasteiger charge is -2.13. The number of rotatable bonds is 5. The molecule has 102 valence electrons. The Labute approximate surface area is 118 Å². The quantitative estimate of drug-likeness (QED) is 0.901. The number of fused-ring (bicyclic) bond motifs is 1. The predicted octanol–water partition coefficient (Wildman–Crippen LogP) is 3.76. The van der Waals surface area contributed by atoms with E-state index in [1.54, 1.807) is 11.3 Å². The number of hydrogen-bond donors (Lipinski definition) is 1. The van der Waals surface area contributed by atoms with Crippen molar-refractivity contribution in [1.29, 1.82) is 0 Å². The third-order valence-electron chi connectivity index (χ3n) is 3.86. The van der Waals surface area contributed by atoms with Gasteiger partial charge in [0.05, 0.1) is 12.2 Å². The molecule has 0 saturated carbocycles. The van der Waals surface area contributed by atoms with Gasteiger partial charge in [-0.05, 0) is 54.5 Å². The average molecular weight is 276 g/mol. The Balaban J connectivity index is 1.57. The lowest BCUT2D eigenvalue weighted by Crippen LogP contribution is -2.14. The molecule has 1 saturated heterocycles. The summed E-state index contributed by atoms with van der Waals surface area (Å²) in [5.41, 5.74) is 1.28. The van der Waals surface area contributed by atoms with Crippen LogP contribution in [-0.2, 0) is 11.2 Å². The van der Waals surface area contributed by atoms with Crippen molar-refractivity contribution in [3.8, 4) is 0 Å². The first-order valence-electron chi connectivity index (χ1n) is 7.07. The van der Waals surface area contributed by atoms with Crippen LogP contribution in [0, 0.1) is 0 Å². The minimum atomic E-state index is -0.248. The lowest BCUT2D eigenvalue weighted by atomic mass is 10.0. The summed E-state index contributed by atoms with van der Waals surface area (Å²) in [6, 6.07) is 8.42. The monoisotopic (exact) mass is 276 g/mol. The van der Waals surface area contributed by atoms with E-state index < -0.39 is 0 Å². The maximum Gasteiger partial charge on any atom is 0.0582 e. The molecule has 2 nitrogen and oxygen atoms in total. The van der Waals surface area contributed by atoms with Crippen molar-refractivity contribution < 1.29 is 9.84 Å². The van der Waals surface area contributed by atoms with E-state index >= 15 is 0 Å². The van der Waals surface area contributed by atoms with E-state index in [0.29, 0.717) is 6.10 Å². The van der Waals surface area contributed by atoms with Crippen molar-refractivity contribution in [1.82, 2.24) is 0 Å². The molecular formula is C16H20O2S. The third-order valence-corrected chi connectivity index (χ3v) is 4.87. The van der Waals surface area contributed by atoms with Gasteiger partial charge >= 0.3 is 0 Å². The van der Waals surface area contributed by atoms with Gasteiger partial charge in [-0.15, -0.1) is 11.3 Å². The molecule has 1 N–H and O–H groups in total. The van der Waals surface area contributed by atoms with Crippen LogP contribution < -0.4 is 0 Å². The molecule has 3 heteroatoms. The van der Waals surface area contributed by atoms with Crippen LogP contribution in [0.4, 0.5) is 0 Å². The summed E-state index contributed by atoms with van der Waals surface area (Å²) < 4.78 is 6.91. The number of ether oxygens (including phenoxy) is 1. The Morgan fingerprint density at radius 2 is 2.26 bits per heavy atom. The van der Waals surface area contributed by atoms with Crippen LogP contribution in [-0.4, -0.2) is 23.9 Å². The first-order valence-corrected chi connectivity index (χ1v) is 7.95. The van der Waals surface area contributed by atoms with E-state index in [9.17, 15) is 5.11 Å². The molecule has 3 rings (SSSR count). The lowest BCUT2D eigenvalue weighted by molar-refractivity contribution is 0.0814. The van der Waals surface area contributed by atoms with E-state index in [2.05, 4.69) is 29.6 Å². The highest BCUT2D eigenvalue weighted by Crippen LogP contribution is 2.27. The minimum Gasteiger partial charge on any atom is -0.393 e. The second-order valence-corrected chi connectivity index (χ2v) is 6.24. The van der Waals surface area contributed by atoms with E-state index in [1.165, 1.54) is 22.1 Å². The molecule has 1 aliphatic heterocycles. The molecule has 1 aliphatic rings. The SMILES string of the molecule is OC(CCC1CCCO1)Cc1csc2ccccc12. The van der Waals surface area contributed by atoms with E-state index in [-0.39, 0.29) is 6.10 Å². The van der Waals surface area contributed by atoms with Crippen molar-refractivity contribution in [2.45, 2.75) is 44.3 Å². The van der Waals surface area contributed by atoms with Crippen molar-refractivity contribution in [2.75, 3.05) is 6.61 Å². The van der Waals surface area contributed by atoms with Crippen LogP contribution in [0.25, 0.3) is 10.1 Å². The van der Waals surface area contributed by atoms with Gasteiger partial charge < -0.3 is 9.84 Å². The Hall–Kier alpha value is -0.900. The summed E-state index contributed by atoms with van der Waals surface area (Å²) in [6.07, 6.45) is 5.06. The number of thiophene rings is 1. The summed E-state index contributed by atoms with van der Waals surface area (Å²) in [6.45, 7) is 0.899. The minimum absolute atomic E-state index is 0.248. The molecule has 2 unspecified atom stereocenters. The second-order valence-electron chi connectivity index (χ2n) is 5.33. The molecule has 1 fully saturated rings. The van der Waals surface area contributed by atoms with Crippen LogP contribution in [0.5, 0.6) is 0 Å². The summed E-state index contributed by atoms with van der Waals surface area (Å²) in [5, 5.41) is 13.7. The largest absolute Gasteiger partial charge is 0.393 e. The first kappa shape index (κ1) is 13.1. The molecule has 2 heterocycles. The summed E-state index contributed by atoms with van der Waals surface area (Å²) in [4.78, 5) is 0. The topological polar surface area (TPSA) is 29.5 Å². The third kappa shape index (κ3) is 3.16. The average Bonchev–Trinajstić information content (AvgIpc) is 3.07. The number of hydrogen-bond acceptors (Lipinski definition) is 3. The highest BCUT2D eigenvalue weighted by atomic mass is 32.1. The molecule has 0 bridgehead atoms. The fourth-order valence-corrected chi connectivity index (χ4v) is 3.77. The zero-order valence-electron chi connectivity index (χ0n) is 11.0. The second kappa shape index (κ2) is 6.04. The van der Waals surface area contributed by atoms with Crippen LogP contribution in [0.2, 0.25) is 0 Å². The van der Waals surface area contributed by atoms with Crippen LogP contribution in [0.1, 0.15) is 31.2 Å². The molecule has 0 spiro atoms. The predicted molar refractivity (Wildman–Crippen MR) is 79.7 cm³/mol. The van der Waals surface area contributed by atoms with Gasteiger partial charge in [0.1, 0.15) is 0 Å². The molecule has 0 radical (unpaired) electrons. The van der Waals surface area contributed by atoms with Crippen LogP contribution in [0.3, 0.4) is 0 Å². The molecule has 2 aromatic rings. The van der Waals surface area contributed by atoms with Crippen molar-refractivity contribution in [3.63, 3.8) is 0 Å². The smallest absolute Gasteiger partial charge is 0.0582 e. The van der Waals surface area contributed by atoms with Gasteiger partial charge in [0.15, 0.2) is 0 Å². The van der Waals surface area contributed by atoms with Gasteiger partial charge in [0.25, 0.3) is 0 Å². The first-order chi connectivity index (χ1) is 9.33. The molecule has 2 atom stereocenters. The molecule has 0 amide bonds. The number of benzene rings is 1. The Bertz CT molecular complexity index is 528. The van der Waals surface area contributed by atoms with Gasteiger partial charge in [0, 0.05) is 11.3 Å². The molecule has 1 aromatic heterocycles. The van der Waals surface area contributed by atoms with E-state index in [0.717, 1.165) is 32.3 Å². The summed E-state index contributed by atoms with van der Waals surface area (Å²) in [7, 11) is 0. The maximum atomic E-state index is 10.2. The van der Waals surface area contributed by atoms with Gasteiger partial charge in [0.2, 0.25) is 0 Å². The molecule has 0 aliphatic carbocycles. The van der Waals surface area contributed by atoms with Gasteiger partial charge in [-0.2, -0.15) is 0 Å². The Kier molecular flexibility index (Phi) is 4.16. The standard InChI is InChI=1S/C16H20O2S/c17-13(7-8-14-4-3-9-18-14)10-12-11-19-16-6-2-1-5-15(12)16/h1-2,5-6,11,13-14,17H,3-4,7-10H2. The highest BCUT2D eigenvalue weighted by molar-refractivity contribution is 7.17. The van der Waals surface area contributed by atoms with Crippen molar-refractivity contribution in [3.05, 3.63) is 35.2 Å². The normalized spacial score (nSPS) is 21.0. The van der Waals surface area contributed by atoms with Crippen LogP contribution >= 0.6 is 11.3 Å². The highest BCUT2D eigenvalue weighted by Gasteiger charge is 2.17. The Morgan fingerprint density at radius 3 is 3.11 bits per heavy atom. The Morgan fingerprint density at radius 1 is 1.37 bits per heavy atom. The molecule has 1 aromatic carbocycles. The maximum absolute atomic E-state index is 10.2.